The average molecular weight is 252 g/mol. The fourth-order valence-corrected chi connectivity index (χ4v) is 1.48. The van der Waals surface area contributed by atoms with Gasteiger partial charge >= 0.3 is 5.97 Å². The second-order valence-electron chi connectivity index (χ2n) is 3.32. The van der Waals surface area contributed by atoms with Crippen LogP contribution in [0.1, 0.15) is 24.2 Å². The summed E-state index contributed by atoms with van der Waals surface area (Å²) in [6.07, 6.45) is 0. The van der Waals surface area contributed by atoms with Crippen molar-refractivity contribution in [2.75, 3.05) is 20.3 Å². The van der Waals surface area contributed by atoms with Gasteiger partial charge in [0, 0.05) is 0 Å². The Labute approximate surface area is 106 Å². The first kappa shape index (κ1) is 14.0. The molecule has 1 aromatic rings. The maximum absolute atomic E-state index is 12.0. The summed E-state index contributed by atoms with van der Waals surface area (Å²) >= 11 is 0. The summed E-state index contributed by atoms with van der Waals surface area (Å²) in [7, 11) is 1.42. The Morgan fingerprint density at radius 3 is 2.33 bits per heavy atom. The molecule has 0 bridgehead atoms. The zero-order valence-electron chi connectivity index (χ0n) is 10.7. The number of methoxy groups -OCH3 is 1. The third-order valence-electron chi connectivity index (χ3n) is 2.20. The molecule has 0 heterocycles. The number of Topliss-reactive ketones (excluding diaryl/α,β-unsaturated/α-hetero) is 1. The lowest BCUT2D eigenvalue weighted by molar-refractivity contribution is -0.137. The molecule has 0 aliphatic heterocycles. The number of rotatable bonds is 6. The van der Waals surface area contributed by atoms with E-state index in [1.54, 1.807) is 32.0 Å². The fraction of sp³-hybridized carbons (Fsp3) is 0.385. The zero-order valence-corrected chi connectivity index (χ0v) is 10.7. The Morgan fingerprint density at radius 2 is 1.78 bits per heavy atom. The average Bonchev–Trinajstić information content (AvgIpc) is 2.38. The van der Waals surface area contributed by atoms with Gasteiger partial charge in [-0.2, -0.15) is 0 Å². The number of hydrogen-bond acceptors (Lipinski definition) is 5. The van der Waals surface area contributed by atoms with Gasteiger partial charge in [0.25, 0.3) is 5.78 Å². The minimum atomic E-state index is -0.914. The van der Waals surface area contributed by atoms with Gasteiger partial charge in [-0.05, 0) is 26.0 Å². The molecule has 0 radical (unpaired) electrons. The second kappa shape index (κ2) is 6.64. The highest BCUT2D eigenvalue weighted by atomic mass is 16.5. The van der Waals surface area contributed by atoms with Crippen molar-refractivity contribution < 1.29 is 23.8 Å². The van der Waals surface area contributed by atoms with Gasteiger partial charge in [-0.25, -0.2) is 4.79 Å². The van der Waals surface area contributed by atoms with Crippen molar-refractivity contribution in [1.82, 2.24) is 0 Å². The Hall–Kier alpha value is -2.04. The van der Waals surface area contributed by atoms with Gasteiger partial charge in [0.1, 0.15) is 17.1 Å². The van der Waals surface area contributed by atoms with Crippen LogP contribution in [0.5, 0.6) is 11.5 Å². The van der Waals surface area contributed by atoms with Gasteiger partial charge in [-0.15, -0.1) is 0 Å². The van der Waals surface area contributed by atoms with Crippen molar-refractivity contribution in [3.63, 3.8) is 0 Å². The first-order chi connectivity index (χ1) is 8.65. The van der Waals surface area contributed by atoms with Crippen LogP contribution in [-0.4, -0.2) is 32.1 Å². The van der Waals surface area contributed by atoms with Gasteiger partial charge in [-0.1, -0.05) is 6.07 Å². The van der Waals surface area contributed by atoms with Crippen molar-refractivity contribution in [3.8, 4) is 11.5 Å². The summed E-state index contributed by atoms with van der Waals surface area (Å²) in [6, 6.07) is 4.89. The van der Waals surface area contributed by atoms with E-state index >= 15 is 0 Å². The summed E-state index contributed by atoms with van der Waals surface area (Å²) in [6.45, 7) is 3.95. The maximum Gasteiger partial charge on any atom is 0.379 e. The lowest BCUT2D eigenvalue weighted by Crippen LogP contribution is -2.19. The Kier molecular flexibility index (Phi) is 5.17. The predicted molar refractivity (Wildman–Crippen MR) is 65.1 cm³/mol. The molecule has 0 unspecified atom stereocenters. The summed E-state index contributed by atoms with van der Waals surface area (Å²) in [5.74, 6) is -1.07. The molecule has 1 aromatic carbocycles. The third kappa shape index (κ3) is 3.00. The van der Waals surface area contributed by atoms with Crippen LogP contribution in [0.3, 0.4) is 0 Å². The third-order valence-corrected chi connectivity index (χ3v) is 2.20. The molecule has 0 saturated carbocycles. The van der Waals surface area contributed by atoms with Crippen molar-refractivity contribution >= 4 is 11.8 Å². The molecule has 18 heavy (non-hydrogen) atoms. The van der Waals surface area contributed by atoms with Gasteiger partial charge in [0.15, 0.2) is 0 Å². The number of carbonyl (C=O) groups excluding carboxylic acids is 2. The van der Waals surface area contributed by atoms with Crippen molar-refractivity contribution in [3.05, 3.63) is 23.8 Å². The van der Waals surface area contributed by atoms with Crippen LogP contribution in [0.2, 0.25) is 0 Å². The first-order valence-corrected chi connectivity index (χ1v) is 5.66. The lowest BCUT2D eigenvalue weighted by atomic mass is 10.1. The quantitative estimate of drug-likeness (QED) is 0.439. The highest BCUT2D eigenvalue weighted by Gasteiger charge is 2.25. The van der Waals surface area contributed by atoms with Crippen LogP contribution >= 0.6 is 0 Å². The van der Waals surface area contributed by atoms with Crippen molar-refractivity contribution in [2.45, 2.75) is 13.8 Å². The molecule has 0 saturated heterocycles. The van der Waals surface area contributed by atoms with E-state index in [0.29, 0.717) is 18.1 Å². The highest BCUT2D eigenvalue weighted by molar-refractivity contribution is 6.42. The number of carbonyl (C=O) groups is 2. The van der Waals surface area contributed by atoms with E-state index in [1.165, 1.54) is 7.11 Å². The van der Waals surface area contributed by atoms with E-state index in [4.69, 9.17) is 14.2 Å². The van der Waals surface area contributed by atoms with Gasteiger partial charge in [0.05, 0.1) is 20.3 Å². The van der Waals surface area contributed by atoms with Gasteiger partial charge in [0.2, 0.25) is 0 Å². The molecule has 0 spiro atoms. The van der Waals surface area contributed by atoms with Crippen LogP contribution in [0.25, 0.3) is 0 Å². The van der Waals surface area contributed by atoms with Gasteiger partial charge in [-0.3, -0.25) is 4.79 Å². The standard InChI is InChI=1S/C13H16O5/c1-4-17-10-8-6-7-9(16-3)11(10)12(14)13(15)18-5-2/h6-8H,4-5H2,1-3H3. The summed E-state index contributed by atoms with van der Waals surface area (Å²) in [5, 5.41) is 0. The molecule has 98 valence electrons. The predicted octanol–water partition coefficient (Wildman–Crippen LogP) is 1.84. The Bertz CT molecular complexity index is 439. The summed E-state index contributed by atoms with van der Waals surface area (Å²) in [5.41, 5.74) is 0.0975. The van der Waals surface area contributed by atoms with E-state index < -0.39 is 11.8 Å². The molecule has 1 rings (SSSR count). The van der Waals surface area contributed by atoms with Crippen LogP contribution in [0.15, 0.2) is 18.2 Å². The number of benzene rings is 1. The monoisotopic (exact) mass is 252 g/mol. The normalized spacial score (nSPS) is 9.72. The molecular weight excluding hydrogens is 236 g/mol. The van der Waals surface area contributed by atoms with E-state index in [0.717, 1.165) is 0 Å². The fourth-order valence-electron chi connectivity index (χ4n) is 1.48. The molecule has 0 amide bonds. The number of ether oxygens (including phenoxy) is 3. The highest BCUT2D eigenvalue weighted by Crippen LogP contribution is 2.29. The first-order valence-electron chi connectivity index (χ1n) is 5.66. The smallest absolute Gasteiger partial charge is 0.379 e. The molecule has 0 aliphatic rings. The largest absolute Gasteiger partial charge is 0.496 e. The number of ketones is 1. The topological polar surface area (TPSA) is 61.8 Å². The summed E-state index contributed by atoms with van der Waals surface area (Å²) in [4.78, 5) is 23.5. The van der Waals surface area contributed by atoms with Crippen molar-refractivity contribution in [2.24, 2.45) is 0 Å². The lowest BCUT2D eigenvalue weighted by Gasteiger charge is -2.12. The van der Waals surface area contributed by atoms with Crippen LogP contribution in [0.4, 0.5) is 0 Å². The van der Waals surface area contributed by atoms with E-state index in [-0.39, 0.29) is 12.2 Å². The molecule has 0 aromatic heterocycles. The molecule has 0 N–H and O–H groups in total. The maximum atomic E-state index is 12.0. The van der Waals surface area contributed by atoms with Gasteiger partial charge < -0.3 is 14.2 Å². The summed E-state index contributed by atoms with van der Waals surface area (Å²) < 4.78 is 15.1. The molecular formula is C13H16O5. The van der Waals surface area contributed by atoms with Crippen LogP contribution in [-0.2, 0) is 9.53 Å². The number of esters is 1. The van der Waals surface area contributed by atoms with Crippen LogP contribution < -0.4 is 9.47 Å². The number of hydrogen-bond donors (Lipinski definition) is 0. The van der Waals surface area contributed by atoms with Crippen molar-refractivity contribution in [1.29, 1.82) is 0 Å². The van der Waals surface area contributed by atoms with E-state index in [2.05, 4.69) is 0 Å². The Balaban J connectivity index is 3.18. The molecule has 5 nitrogen and oxygen atoms in total. The van der Waals surface area contributed by atoms with E-state index in [1.807, 2.05) is 0 Å². The molecule has 0 aliphatic carbocycles. The van der Waals surface area contributed by atoms with E-state index in [9.17, 15) is 9.59 Å². The zero-order chi connectivity index (χ0) is 13.5. The molecule has 0 atom stereocenters. The molecule has 0 fully saturated rings. The Morgan fingerprint density at radius 1 is 1.11 bits per heavy atom. The second-order valence-corrected chi connectivity index (χ2v) is 3.32. The van der Waals surface area contributed by atoms with Crippen LogP contribution in [0, 0.1) is 0 Å². The minimum absolute atomic E-state index is 0.0975. The molecule has 5 heteroatoms. The SMILES string of the molecule is CCOC(=O)C(=O)c1c(OC)cccc1OCC. The minimum Gasteiger partial charge on any atom is -0.496 e.